The summed E-state index contributed by atoms with van der Waals surface area (Å²) in [6.45, 7) is 4.24. The van der Waals surface area contributed by atoms with Crippen molar-refractivity contribution in [3.05, 3.63) is 93.9 Å². The van der Waals surface area contributed by atoms with Gasteiger partial charge in [-0.05, 0) is 79.2 Å². The van der Waals surface area contributed by atoms with Crippen molar-refractivity contribution in [3.63, 3.8) is 0 Å². The Hall–Kier alpha value is -4.04. The molecule has 0 saturated carbocycles. The number of ether oxygens (including phenoxy) is 3. The molecular formula is C28H25NO6S. The molecule has 8 heteroatoms. The van der Waals surface area contributed by atoms with Crippen molar-refractivity contribution >= 4 is 35.0 Å². The largest absolute Gasteiger partial charge is 0.493 e. The molecule has 0 bridgehead atoms. The third-order valence-electron chi connectivity index (χ3n) is 5.42. The molecule has 4 rings (SSSR count). The van der Waals surface area contributed by atoms with Crippen molar-refractivity contribution in [2.24, 2.45) is 0 Å². The summed E-state index contributed by atoms with van der Waals surface area (Å²) >= 11 is 0.869. The van der Waals surface area contributed by atoms with E-state index in [0.29, 0.717) is 27.5 Å². The number of esters is 1. The maximum Gasteiger partial charge on any atom is 0.343 e. The standard InChI is InChI=1S/C28H25NO6S/c1-18-7-10-21(11-8-18)27(31)35-23-12-9-20(16-24(23)33-3)17-25-26(30)29(28(32)36-25)13-14-34-22-6-4-5-19(2)15-22/h4-12,15-17H,13-14H2,1-3H3/b25-17-. The van der Waals surface area contributed by atoms with E-state index in [9.17, 15) is 14.4 Å². The van der Waals surface area contributed by atoms with E-state index >= 15 is 0 Å². The Kier molecular flexibility index (Phi) is 7.75. The number of amides is 2. The average Bonchev–Trinajstić information content (AvgIpc) is 3.12. The van der Waals surface area contributed by atoms with Gasteiger partial charge in [0.05, 0.1) is 24.1 Å². The number of imide groups is 1. The Morgan fingerprint density at radius 1 is 0.944 bits per heavy atom. The Morgan fingerprint density at radius 3 is 2.44 bits per heavy atom. The first-order chi connectivity index (χ1) is 17.3. The lowest BCUT2D eigenvalue weighted by atomic mass is 10.1. The Balaban J connectivity index is 1.42. The summed E-state index contributed by atoms with van der Waals surface area (Å²) in [6.07, 6.45) is 1.61. The van der Waals surface area contributed by atoms with Crippen molar-refractivity contribution < 1.29 is 28.6 Å². The minimum Gasteiger partial charge on any atom is -0.493 e. The van der Waals surface area contributed by atoms with Gasteiger partial charge in [-0.3, -0.25) is 14.5 Å². The number of benzene rings is 3. The summed E-state index contributed by atoms with van der Waals surface area (Å²) in [7, 11) is 1.46. The van der Waals surface area contributed by atoms with Crippen molar-refractivity contribution in [1.29, 1.82) is 0 Å². The van der Waals surface area contributed by atoms with Gasteiger partial charge in [-0.2, -0.15) is 0 Å². The topological polar surface area (TPSA) is 82.1 Å². The van der Waals surface area contributed by atoms with Crippen LogP contribution in [0, 0.1) is 13.8 Å². The first-order valence-corrected chi connectivity index (χ1v) is 12.1. The number of methoxy groups -OCH3 is 1. The minimum absolute atomic E-state index is 0.146. The van der Waals surface area contributed by atoms with Gasteiger partial charge >= 0.3 is 5.97 Å². The molecule has 7 nitrogen and oxygen atoms in total. The van der Waals surface area contributed by atoms with Crippen LogP contribution in [0.4, 0.5) is 4.79 Å². The number of hydrogen-bond acceptors (Lipinski definition) is 7. The highest BCUT2D eigenvalue weighted by Gasteiger charge is 2.34. The van der Waals surface area contributed by atoms with Crippen LogP contribution >= 0.6 is 11.8 Å². The van der Waals surface area contributed by atoms with E-state index in [2.05, 4.69) is 0 Å². The van der Waals surface area contributed by atoms with Crippen LogP contribution in [-0.2, 0) is 4.79 Å². The van der Waals surface area contributed by atoms with Gasteiger partial charge in [-0.25, -0.2) is 4.79 Å². The number of rotatable bonds is 8. The molecular weight excluding hydrogens is 478 g/mol. The van der Waals surface area contributed by atoms with Crippen molar-refractivity contribution in [2.75, 3.05) is 20.3 Å². The van der Waals surface area contributed by atoms with Crippen LogP contribution in [0.1, 0.15) is 27.0 Å². The molecule has 3 aromatic rings. The molecule has 0 aromatic heterocycles. The van der Waals surface area contributed by atoms with E-state index in [0.717, 1.165) is 22.9 Å². The third kappa shape index (κ3) is 5.95. The van der Waals surface area contributed by atoms with Gasteiger partial charge in [-0.1, -0.05) is 35.9 Å². The molecule has 1 saturated heterocycles. The Bertz CT molecular complexity index is 1330. The fourth-order valence-electron chi connectivity index (χ4n) is 3.51. The Labute approximate surface area is 213 Å². The number of thioether (sulfide) groups is 1. The monoisotopic (exact) mass is 503 g/mol. The SMILES string of the molecule is COc1cc(/C=C2\SC(=O)N(CCOc3cccc(C)c3)C2=O)ccc1OC(=O)c1ccc(C)cc1. The second-order valence-electron chi connectivity index (χ2n) is 8.16. The maximum atomic E-state index is 12.8. The minimum atomic E-state index is -0.505. The summed E-state index contributed by atoms with van der Waals surface area (Å²) in [5, 5.41) is -0.352. The van der Waals surface area contributed by atoms with Gasteiger partial charge in [0.15, 0.2) is 11.5 Å². The van der Waals surface area contributed by atoms with Crippen LogP contribution in [0.5, 0.6) is 17.2 Å². The van der Waals surface area contributed by atoms with Crippen molar-refractivity contribution in [3.8, 4) is 17.2 Å². The molecule has 0 radical (unpaired) electrons. The van der Waals surface area contributed by atoms with Gasteiger partial charge < -0.3 is 14.2 Å². The molecule has 0 spiro atoms. The second-order valence-corrected chi connectivity index (χ2v) is 9.16. The van der Waals surface area contributed by atoms with Gasteiger partial charge in [0.25, 0.3) is 11.1 Å². The summed E-state index contributed by atoms with van der Waals surface area (Å²) in [6, 6.07) is 19.6. The molecule has 36 heavy (non-hydrogen) atoms. The average molecular weight is 504 g/mol. The number of aryl methyl sites for hydroxylation is 2. The Morgan fingerprint density at radius 2 is 1.72 bits per heavy atom. The fraction of sp³-hybridized carbons (Fsp3) is 0.179. The highest BCUT2D eigenvalue weighted by atomic mass is 32.2. The molecule has 0 N–H and O–H groups in total. The lowest BCUT2D eigenvalue weighted by Gasteiger charge is -2.13. The lowest BCUT2D eigenvalue weighted by molar-refractivity contribution is -0.123. The number of nitrogens with zero attached hydrogens (tertiary/aromatic N) is 1. The predicted molar refractivity (Wildman–Crippen MR) is 138 cm³/mol. The zero-order chi connectivity index (χ0) is 25.7. The molecule has 0 unspecified atom stereocenters. The maximum absolute atomic E-state index is 12.8. The zero-order valence-corrected chi connectivity index (χ0v) is 21.0. The molecule has 1 aliphatic rings. The van der Waals surface area contributed by atoms with Gasteiger partial charge in [0.1, 0.15) is 12.4 Å². The first-order valence-electron chi connectivity index (χ1n) is 11.3. The van der Waals surface area contributed by atoms with E-state index < -0.39 is 5.97 Å². The third-order valence-corrected chi connectivity index (χ3v) is 6.33. The molecule has 1 fully saturated rings. The van der Waals surface area contributed by atoms with Gasteiger partial charge in [0, 0.05) is 0 Å². The highest BCUT2D eigenvalue weighted by Crippen LogP contribution is 2.34. The highest BCUT2D eigenvalue weighted by molar-refractivity contribution is 8.18. The van der Waals surface area contributed by atoms with Crippen LogP contribution < -0.4 is 14.2 Å². The van der Waals surface area contributed by atoms with E-state index in [1.54, 1.807) is 36.4 Å². The number of carbonyl (C=O) groups is 3. The van der Waals surface area contributed by atoms with E-state index in [-0.39, 0.29) is 30.0 Å². The molecule has 1 heterocycles. The molecule has 184 valence electrons. The van der Waals surface area contributed by atoms with Gasteiger partial charge in [0.2, 0.25) is 0 Å². The molecule has 3 aromatic carbocycles. The summed E-state index contributed by atoms with van der Waals surface area (Å²) in [4.78, 5) is 39.2. The lowest BCUT2D eigenvalue weighted by Crippen LogP contribution is -2.32. The quantitative estimate of drug-likeness (QED) is 0.223. The van der Waals surface area contributed by atoms with Crippen molar-refractivity contribution in [2.45, 2.75) is 13.8 Å². The summed E-state index contributed by atoms with van der Waals surface area (Å²) < 4.78 is 16.6. The zero-order valence-electron chi connectivity index (χ0n) is 20.1. The van der Waals surface area contributed by atoms with Crippen LogP contribution in [-0.4, -0.2) is 42.3 Å². The van der Waals surface area contributed by atoms with Crippen molar-refractivity contribution in [1.82, 2.24) is 4.90 Å². The molecule has 0 atom stereocenters. The normalized spacial score (nSPS) is 14.3. The fourth-order valence-corrected chi connectivity index (χ4v) is 4.38. The number of hydrogen-bond donors (Lipinski definition) is 0. The molecule has 0 aliphatic carbocycles. The van der Waals surface area contributed by atoms with Crippen LogP contribution in [0.2, 0.25) is 0 Å². The molecule has 1 aliphatic heterocycles. The van der Waals surface area contributed by atoms with E-state index in [4.69, 9.17) is 14.2 Å². The van der Waals surface area contributed by atoms with Crippen LogP contribution in [0.25, 0.3) is 6.08 Å². The summed E-state index contributed by atoms with van der Waals surface area (Å²) in [5.41, 5.74) is 3.15. The number of carbonyl (C=O) groups excluding carboxylic acids is 3. The summed E-state index contributed by atoms with van der Waals surface area (Å²) in [5.74, 6) is 0.381. The second kappa shape index (κ2) is 11.1. The van der Waals surface area contributed by atoms with Crippen LogP contribution in [0.3, 0.4) is 0 Å². The smallest absolute Gasteiger partial charge is 0.343 e. The molecule has 2 amide bonds. The predicted octanol–water partition coefficient (Wildman–Crippen LogP) is 5.65. The van der Waals surface area contributed by atoms with Crippen LogP contribution in [0.15, 0.2) is 71.6 Å². The van der Waals surface area contributed by atoms with Gasteiger partial charge in [-0.15, -0.1) is 0 Å². The van der Waals surface area contributed by atoms with E-state index in [1.165, 1.54) is 12.0 Å². The first kappa shape index (κ1) is 25.1. The van der Waals surface area contributed by atoms with E-state index in [1.807, 2.05) is 50.2 Å².